The molecule has 13 nitrogen and oxygen atoms in total. The van der Waals surface area contributed by atoms with Crippen LogP contribution in [0.1, 0.15) is 65.7 Å². The zero-order valence-corrected chi connectivity index (χ0v) is 27.4. The zero-order valence-electron chi connectivity index (χ0n) is 25.8. The van der Waals surface area contributed by atoms with Crippen LogP contribution in [0.25, 0.3) is 0 Å². The number of nitrogens with one attached hydrogen (secondary N) is 4. The maximum atomic E-state index is 11.7. The Kier molecular flexibility index (Phi) is 27.0. The molecule has 15 heteroatoms. The predicted octanol–water partition coefficient (Wildman–Crippen LogP) is 2.38. The topological polar surface area (TPSA) is 177 Å². The number of carboxylic acid groups (broad SMARTS) is 1. The first-order chi connectivity index (χ1) is 20.9. The van der Waals surface area contributed by atoms with Gasteiger partial charge in [-0.2, -0.15) is 11.8 Å². The van der Waals surface area contributed by atoms with Crippen LogP contribution >= 0.6 is 24.0 Å². The molecule has 2 fully saturated rings. The number of unbranched alkanes of at least 4 members (excludes halogenated alkanes) is 2. The highest BCUT2D eigenvalue weighted by molar-refractivity contribution is 8.00. The van der Waals surface area contributed by atoms with Crippen LogP contribution in [-0.2, 0) is 28.6 Å². The molecule has 0 spiro atoms. The van der Waals surface area contributed by atoms with E-state index in [1.165, 1.54) is 25.7 Å². The molecule has 4 unspecified atom stereocenters. The molecule has 0 aliphatic carbocycles. The Morgan fingerprint density at radius 3 is 2.35 bits per heavy atom. The van der Waals surface area contributed by atoms with Crippen molar-refractivity contribution >= 4 is 53.5 Å². The number of amides is 4. The smallest absolute Gasteiger partial charge is 0.315 e. The van der Waals surface area contributed by atoms with Gasteiger partial charge in [0.05, 0.1) is 56.6 Å². The monoisotopic (exact) mass is 649 g/mol. The highest BCUT2D eigenvalue weighted by atomic mass is 32.2. The summed E-state index contributed by atoms with van der Waals surface area (Å²) in [6.45, 7) is 10.0. The lowest BCUT2D eigenvalue weighted by Gasteiger charge is -2.16. The van der Waals surface area contributed by atoms with Crippen LogP contribution in [0.15, 0.2) is 4.99 Å². The lowest BCUT2D eigenvalue weighted by Crippen LogP contribution is -2.45. The SMILES string of the molecule is CC.CCCCCC1SCC2NC(=O)NC21.O=CNC(CC(=O)O)C(=O)NCCCOCCOCCOCCCN=C=S. The second-order valence-corrected chi connectivity index (χ2v) is 10.8. The normalized spacial score (nSPS) is 18.7. The minimum absolute atomic E-state index is 0.0285. The van der Waals surface area contributed by atoms with Gasteiger partial charge in [-0.25, -0.2) is 9.79 Å². The first kappa shape index (κ1) is 40.7. The van der Waals surface area contributed by atoms with E-state index < -0.39 is 24.3 Å². The van der Waals surface area contributed by atoms with E-state index in [1.54, 1.807) is 0 Å². The fourth-order valence-electron chi connectivity index (χ4n) is 4.06. The average Bonchev–Trinajstić information content (AvgIpc) is 3.55. The number of urea groups is 1. The quantitative estimate of drug-likeness (QED) is 0.0363. The highest BCUT2D eigenvalue weighted by Gasteiger charge is 2.42. The van der Waals surface area contributed by atoms with Gasteiger partial charge in [0.25, 0.3) is 0 Å². The van der Waals surface area contributed by atoms with Gasteiger partial charge in [-0.3, -0.25) is 14.4 Å². The van der Waals surface area contributed by atoms with E-state index in [0.29, 0.717) is 82.9 Å². The van der Waals surface area contributed by atoms with Crippen molar-refractivity contribution in [2.45, 2.75) is 89.1 Å². The first-order valence-electron chi connectivity index (χ1n) is 15.1. The Bertz CT molecular complexity index is 820. The summed E-state index contributed by atoms with van der Waals surface area (Å²) in [7, 11) is 0. The van der Waals surface area contributed by atoms with Crippen molar-refractivity contribution in [2.75, 3.05) is 58.5 Å². The predicted molar refractivity (Wildman–Crippen MR) is 171 cm³/mol. The lowest BCUT2D eigenvalue weighted by molar-refractivity contribution is -0.140. The number of ether oxygens (including phenoxy) is 3. The molecule has 4 atom stereocenters. The van der Waals surface area contributed by atoms with Gasteiger partial charge in [0, 0.05) is 30.8 Å². The lowest BCUT2D eigenvalue weighted by atomic mass is 10.0. The van der Waals surface area contributed by atoms with Crippen LogP contribution in [-0.4, -0.2) is 116 Å². The third-order valence-electron chi connectivity index (χ3n) is 6.13. The summed E-state index contributed by atoms with van der Waals surface area (Å²) >= 11 is 6.46. The molecule has 2 saturated heterocycles. The summed E-state index contributed by atoms with van der Waals surface area (Å²) in [5.74, 6) is -0.624. The third-order valence-corrected chi connectivity index (χ3v) is 7.76. The highest BCUT2D eigenvalue weighted by Crippen LogP contribution is 2.33. The van der Waals surface area contributed by atoms with Gasteiger partial charge in [0.2, 0.25) is 12.3 Å². The number of thiocarbonyl (C=S) groups is 1. The van der Waals surface area contributed by atoms with Crippen molar-refractivity contribution < 1.29 is 38.5 Å². The van der Waals surface area contributed by atoms with E-state index >= 15 is 0 Å². The number of isothiocyanates is 1. The number of carboxylic acids is 1. The Hall–Kier alpha value is -2.29. The molecule has 2 heterocycles. The molecule has 0 saturated carbocycles. The molecule has 2 rings (SSSR count). The van der Waals surface area contributed by atoms with Crippen molar-refractivity contribution in [3.63, 3.8) is 0 Å². The van der Waals surface area contributed by atoms with E-state index in [9.17, 15) is 19.2 Å². The standard InChI is InChI=1S/C16H27N3O7S.C10H18N2OS.C2H6/c20-12-19-14(11-15(21)22)16(23)18-4-2-6-25-8-10-26-9-7-24-5-1-3-17-13-27;1-2-3-4-5-8-9-7(6-14-8)11-10(13)12-9;1-2/h12,14H,1-11H2,(H,18,23)(H,19,20)(H,21,22);7-9H,2-6H2,1H3,(H2,11,12,13);1-2H3. The maximum absolute atomic E-state index is 11.7. The summed E-state index contributed by atoms with van der Waals surface area (Å²) in [5, 5.41) is 22.3. The first-order valence-corrected chi connectivity index (χ1v) is 16.5. The van der Waals surface area contributed by atoms with Gasteiger partial charge < -0.3 is 40.6 Å². The third kappa shape index (κ3) is 21.1. The second-order valence-electron chi connectivity index (χ2n) is 9.36. The maximum Gasteiger partial charge on any atom is 0.315 e. The Morgan fingerprint density at radius 1 is 1.09 bits per heavy atom. The fraction of sp³-hybridized carbons (Fsp3) is 0.821. The number of rotatable bonds is 23. The Balaban J connectivity index is 0.000000910. The van der Waals surface area contributed by atoms with Gasteiger partial charge >= 0.3 is 12.0 Å². The van der Waals surface area contributed by atoms with E-state index in [4.69, 9.17) is 19.3 Å². The molecule has 0 bridgehead atoms. The number of thioether (sulfide) groups is 1. The number of carbonyl (C=O) groups is 4. The summed E-state index contributed by atoms with van der Waals surface area (Å²) in [5.41, 5.74) is 0. The fourth-order valence-corrected chi connectivity index (χ4v) is 5.70. The van der Waals surface area contributed by atoms with Crippen LogP contribution in [0.4, 0.5) is 4.79 Å². The van der Waals surface area contributed by atoms with Gasteiger partial charge in [0.15, 0.2) is 0 Å². The molecule has 5 N–H and O–H groups in total. The van der Waals surface area contributed by atoms with Crippen LogP contribution < -0.4 is 21.3 Å². The van der Waals surface area contributed by atoms with E-state index in [1.807, 2.05) is 25.6 Å². The molecule has 248 valence electrons. The molecule has 43 heavy (non-hydrogen) atoms. The van der Waals surface area contributed by atoms with Crippen molar-refractivity contribution in [3.05, 3.63) is 0 Å². The van der Waals surface area contributed by atoms with E-state index in [2.05, 4.69) is 50.6 Å². The molecule has 0 radical (unpaired) electrons. The molecule has 4 amide bonds. The average molecular weight is 650 g/mol. The Morgan fingerprint density at radius 2 is 1.74 bits per heavy atom. The molecule has 2 aliphatic rings. The number of hydrogen-bond donors (Lipinski definition) is 5. The van der Waals surface area contributed by atoms with Crippen molar-refractivity contribution in [3.8, 4) is 0 Å². The molecule has 0 aromatic carbocycles. The Labute approximate surface area is 265 Å². The molecule has 0 aromatic rings. The molecule has 0 aromatic heterocycles. The van der Waals surface area contributed by atoms with Gasteiger partial charge in [-0.1, -0.05) is 40.0 Å². The van der Waals surface area contributed by atoms with Crippen molar-refractivity contribution in [1.29, 1.82) is 0 Å². The largest absolute Gasteiger partial charge is 0.481 e. The van der Waals surface area contributed by atoms with E-state index in [-0.39, 0.29) is 6.03 Å². The van der Waals surface area contributed by atoms with Crippen molar-refractivity contribution in [2.24, 2.45) is 4.99 Å². The number of fused-ring (bicyclic) bond motifs is 1. The van der Waals surface area contributed by atoms with Gasteiger partial charge in [-0.05, 0) is 31.5 Å². The summed E-state index contributed by atoms with van der Waals surface area (Å²) in [6, 6.07) is -0.270. The van der Waals surface area contributed by atoms with Crippen LogP contribution in [0.5, 0.6) is 0 Å². The number of nitrogens with zero attached hydrogens (tertiary/aromatic N) is 1. The molecule has 2 aliphatic heterocycles. The summed E-state index contributed by atoms with van der Waals surface area (Å²) < 4.78 is 16.0. The minimum Gasteiger partial charge on any atom is -0.481 e. The minimum atomic E-state index is -1.17. The molecular weight excluding hydrogens is 598 g/mol. The number of hydrogen-bond acceptors (Lipinski definition) is 10. The summed E-state index contributed by atoms with van der Waals surface area (Å²) in [4.78, 5) is 47.6. The van der Waals surface area contributed by atoms with Crippen LogP contribution in [0.2, 0.25) is 0 Å². The summed E-state index contributed by atoms with van der Waals surface area (Å²) in [6.07, 6.45) is 6.33. The second kappa shape index (κ2) is 28.5. The van der Waals surface area contributed by atoms with Crippen LogP contribution in [0.3, 0.4) is 0 Å². The van der Waals surface area contributed by atoms with Gasteiger partial charge in [0.1, 0.15) is 6.04 Å². The van der Waals surface area contributed by atoms with E-state index in [0.717, 1.165) is 12.2 Å². The molecular formula is C28H51N5O8S2. The van der Waals surface area contributed by atoms with Gasteiger partial charge in [-0.15, -0.1) is 0 Å². The number of aliphatic imine (C=N–C) groups is 1. The number of aliphatic carboxylic acids is 1. The number of carbonyl (C=O) groups excluding carboxylic acids is 3. The van der Waals surface area contributed by atoms with Crippen molar-refractivity contribution in [1.82, 2.24) is 21.3 Å². The van der Waals surface area contributed by atoms with Crippen LogP contribution in [0, 0.1) is 0 Å². The zero-order chi connectivity index (χ0) is 32.1.